The van der Waals surface area contributed by atoms with Gasteiger partial charge in [-0.25, -0.2) is 4.98 Å². The zero-order valence-electron chi connectivity index (χ0n) is 14.8. The Morgan fingerprint density at radius 1 is 1.42 bits per heavy atom. The lowest BCUT2D eigenvalue weighted by atomic mass is 9.97. The highest BCUT2D eigenvalue weighted by Crippen LogP contribution is 2.27. The molecule has 3 rings (SSSR count). The van der Waals surface area contributed by atoms with Crippen molar-refractivity contribution in [1.82, 2.24) is 14.9 Å². The van der Waals surface area contributed by atoms with Crippen LogP contribution in [-0.4, -0.2) is 51.7 Å². The number of carbonyl (C=O) groups is 2. The van der Waals surface area contributed by atoms with E-state index in [1.807, 2.05) is 30.9 Å². The smallest absolute Gasteiger partial charge is 0.309 e. The van der Waals surface area contributed by atoms with Gasteiger partial charge in [-0.3, -0.25) is 9.59 Å². The molecule has 1 aromatic heterocycles. The fourth-order valence-electron chi connectivity index (χ4n) is 3.08. The Kier molecular flexibility index (Phi) is 6.09. The van der Waals surface area contributed by atoms with Crippen molar-refractivity contribution in [2.24, 2.45) is 5.92 Å². The van der Waals surface area contributed by atoms with Crippen molar-refractivity contribution in [2.45, 2.75) is 37.1 Å². The topological polar surface area (TPSA) is 75.3 Å². The quantitative estimate of drug-likeness (QED) is 0.619. The predicted octanol–water partition coefficient (Wildman–Crippen LogP) is 3.50. The van der Waals surface area contributed by atoms with Crippen LogP contribution in [0.25, 0.3) is 11.0 Å². The maximum atomic E-state index is 12.7. The number of likely N-dealkylation sites (tertiary alicyclic amines) is 1. The van der Waals surface area contributed by atoms with Crippen LogP contribution in [0.1, 0.15) is 26.7 Å². The van der Waals surface area contributed by atoms with Gasteiger partial charge in [-0.05, 0) is 44.9 Å². The van der Waals surface area contributed by atoms with Gasteiger partial charge in [0.15, 0.2) is 5.16 Å². The highest BCUT2D eigenvalue weighted by atomic mass is 35.5. The lowest BCUT2D eigenvalue weighted by molar-refractivity contribution is -0.151. The minimum absolute atomic E-state index is 0.0656. The van der Waals surface area contributed by atoms with Crippen molar-refractivity contribution in [3.63, 3.8) is 0 Å². The summed E-state index contributed by atoms with van der Waals surface area (Å²) in [5, 5.41) is 1.08. The zero-order chi connectivity index (χ0) is 18.7. The molecule has 0 aliphatic carbocycles. The zero-order valence-corrected chi connectivity index (χ0v) is 16.4. The number of aromatic amines is 1. The first-order valence-electron chi connectivity index (χ1n) is 8.75. The summed E-state index contributed by atoms with van der Waals surface area (Å²) in [5.41, 5.74) is 1.68. The van der Waals surface area contributed by atoms with Crippen molar-refractivity contribution in [1.29, 1.82) is 0 Å². The van der Waals surface area contributed by atoms with E-state index < -0.39 is 0 Å². The van der Waals surface area contributed by atoms with Crippen molar-refractivity contribution in [3.05, 3.63) is 23.2 Å². The lowest BCUT2D eigenvalue weighted by Crippen LogP contribution is -2.43. The van der Waals surface area contributed by atoms with Crippen LogP contribution in [-0.2, 0) is 14.3 Å². The van der Waals surface area contributed by atoms with Crippen LogP contribution in [0, 0.1) is 5.92 Å². The van der Waals surface area contributed by atoms with E-state index in [4.69, 9.17) is 16.3 Å². The first-order valence-corrected chi connectivity index (χ1v) is 10.0. The van der Waals surface area contributed by atoms with Crippen LogP contribution < -0.4 is 0 Å². The molecular weight excluding hydrogens is 374 g/mol. The molecule has 1 amide bonds. The van der Waals surface area contributed by atoms with Gasteiger partial charge in [0.2, 0.25) is 5.91 Å². The van der Waals surface area contributed by atoms with E-state index in [1.165, 1.54) is 11.8 Å². The fourth-order valence-corrected chi connectivity index (χ4v) is 4.16. The van der Waals surface area contributed by atoms with Gasteiger partial charge in [0.1, 0.15) is 0 Å². The minimum atomic E-state index is -0.259. The second-order valence-corrected chi connectivity index (χ2v) is 8.08. The van der Waals surface area contributed by atoms with Crippen molar-refractivity contribution >= 4 is 46.3 Å². The summed E-state index contributed by atoms with van der Waals surface area (Å²) in [7, 11) is 0. The van der Waals surface area contributed by atoms with Gasteiger partial charge in [-0.15, -0.1) is 0 Å². The number of piperidine rings is 1. The van der Waals surface area contributed by atoms with Crippen molar-refractivity contribution < 1.29 is 14.3 Å². The number of ether oxygens (including phenoxy) is 1. The first kappa shape index (κ1) is 19.0. The minimum Gasteiger partial charge on any atom is -0.466 e. The number of hydrogen-bond donors (Lipinski definition) is 1. The number of carbonyl (C=O) groups excluding carboxylic acids is 2. The normalized spacial score (nSPS) is 16.7. The molecule has 1 aromatic carbocycles. The van der Waals surface area contributed by atoms with E-state index in [1.54, 1.807) is 6.07 Å². The van der Waals surface area contributed by atoms with E-state index >= 15 is 0 Å². The summed E-state index contributed by atoms with van der Waals surface area (Å²) in [5.74, 6) is -0.180. The largest absolute Gasteiger partial charge is 0.466 e. The number of halogens is 1. The summed E-state index contributed by atoms with van der Waals surface area (Å²) >= 11 is 7.39. The Balaban J connectivity index is 1.57. The summed E-state index contributed by atoms with van der Waals surface area (Å²) < 4.78 is 5.07. The number of thioether (sulfide) groups is 1. The molecule has 1 aliphatic heterocycles. The van der Waals surface area contributed by atoms with Crippen LogP contribution in [0.15, 0.2) is 23.4 Å². The molecule has 2 aromatic rings. The van der Waals surface area contributed by atoms with E-state index in [-0.39, 0.29) is 23.0 Å². The molecule has 1 aliphatic rings. The molecule has 26 heavy (non-hydrogen) atoms. The molecule has 140 valence electrons. The van der Waals surface area contributed by atoms with E-state index in [0.29, 0.717) is 42.7 Å². The second-order valence-electron chi connectivity index (χ2n) is 6.32. The van der Waals surface area contributed by atoms with Gasteiger partial charge < -0.3 is 14.6 Å². The highest BCUT2D eigenvalue weighted by molar-refractivity contribution is 8.00. The molecule has 1 saturated heterocycles. The SMILES string of the molecule is CCOC(=O)C1CCN(C(=O)C(C)Sc2nc3ccc(Cl)cc3[nH]2)CC1. The molecule has 0 bridgehead atoms. The number of aromatic nitrogens is 2. The molecule has 0 saturated carbocycles. The molecule has 1 atom stereocenters. The third-order valence-electron chi connectivity index (χ3n) is 4.48. The number of imidazole rings is 1. The Morgan fingerprint density at radius 3 is 2.85 bits per heavy atom. The number of rotatable bonds is 5. The summed E-state index contributed by atoms with van der Waals surface area (Å²) in [6.45, 7) is 5.26. The molecule has 1 unspecified atom stereocenters. The van der Waals surface area contributed by atoms with Gasteiger partial charge >= 0.3 is 5.97 Å². The Labute approximate surface area is 161 Å². The average Bonchev–Trinajstić information content (AvgIpc) is 3.02. The predicted molar refractivity (Wildman–Crippen MR) is 102 cm³/mol. The van der Waals surface area contributed by atoms with Crippen LogP contribution in [0.4, 0.5) is 0 Å². The van der Waals surface area contributed by atoms with Gasteiger partial charge in [0.25, 0.3) is 0 Å². The fraction of sp³-hybridized carbons (Fsp3) is 0.500. The van der Waals surface area contributed by atoms with Gasteiger partial charge in [-0.1, -0.05) is 23.4 Å². The molecule has 6 nitrogen and oxygen atoms in total. The van der Waals surface area contributed by atoms with E-state index in [9.17, 15) is 9.59 Å². The molecular formula is C18H22ClN3O3S. The second kappa shape index (κ2) is 8.31. The Hall–Kier alpha value is -1.73. The highest BCUT2D eigenvalue weighted by Gasteiger charge is 2.30. The third-order valence-corrected chi connectivity index (χ3v) is 5.69. The maximum Gasteiger partial charge on any atom is 0.309 e. The number of esters is 1. The van der Waals surface area contributed by atoms with Crippen LogP contribution >= 0.6 is 23.4 Å². The number of nitrogens with one attached hydrogen (secondary N) is 1. The number of nitrogens with zero attached hydrogens (tertiary/aromatic N) is 2. The molecule has 0 radical (unpaired) electrons. The molecule has 1 fully saturated rings. The van der Waals surface area contributed by atoms with Gasteiger partial charge in [-0.2, -0.15) is 0 Å². The van der Waals surface area contributed by atoms with Crippen LogP contribution in [0.2, 0.25) is 5.02 Å². The molecule has 0 spiro atoms. The van der Waals surface area contributed by atoms with E-state index in [2.05, 4.69) is 9.97 Å². The van der Waals surface area contributed by atoms with Crippen molar-refractivity contribution in [2.75, 3.05) is 19.7 Å². The number of fused-ring (bicyclic) bond motifs is 1. The number of hydrogen-bond acceptors (Lipinski definition) is 5. The monoisotopic (exact) mass is 395 g/mol. The number of amides is 1. The number of H-pyrrole nitrogens is 1. The summed E-state index contributed by atoms with van der Waals surface area (Å²) in [4.78, 5) is 34.0. The third kappa shape index (κ3) is 4.32. The average molecular weight is 396 g/mol. The van der Waals surface area contributed by atoms with Gasteiger partial charge in [0.05, 0.1) is 28.8 Å². The summed E-state index contributed by atoms with van der Waals surface area (Å²) in [6, 6.07) is 5.47. The molecule has 1 N–H and O–H groups in total. The summed E-state index contributed by atoms with van der Waals surface area (Å²) in [6.07, 6.45) is 1.32. The first-order chi connectivity index (χ1) is 12.5. The van der Waals surface area contributed by atoms with Crippen LogP contribution in [0.3, 0.4) is 0 Å². The number of benzene rings is 1. The van der Waals surface area contributed by atoms with E-state index in [0.717, 1.165) is 11.0 Å². The molecule has 8 heteroatoms. The standard InChI is InChI=1S/C18H22ClN3O3S/c1-3-25-17(24)12-6-8-22(9-7-12)16(23)11(2)26-18-20-14-5-4-13(19)10-15(14)21-18/h4-5,10-12H,3,6-9H2,1-2H3,(H,20,21). The lowest BCUT2D eigenvalue weighted by Gasteiger charge is -2.32. The van der Waals surface area contributed by atoms with Gasteiger partial charge in [0, 0.05) is 18.1 Å². The Bertz CT molecular complexity index is 802. The maximum absolute atomic E-state index is 12.7. The van der Waals surface area contributed by atoms with Crippen molar-refractivity contribution in [3.8, 4) is 0 Å². The van der Waals surface area contributed by atoms with Crippen LogP contribution in [0.5, 0.6) is 0 Å². The molecule has 2 heterocycles. The Morgan fingerprint density at radius 2 is 2.15 bits per heavy atom.